The summed E-state index contributed by atoms with van der Waals surface area (Å²) in [5.74, 6) is 0.739. The number of hydrogen-bond donors (Lipinski definition) is 0. The van der Waals surface area contributed by atoms with Gasteiger partial charge in [-0.3, -0.25) is 4.79 Å². The van der Waals surface area contributed by atoms with Gasteiger partial charge >= 0.3 is 0 Å². The van der Waals surface area contributed by atoms with Crippen molar-refractivity contribution in [3.8, 4) is 0 Å². The Hall–Kier alpha value is -1.09. The zero-order valence-corrected chi connectivity index (χ0v) is 10.1. The largest absolute Gasteiger partial charge is 0.343 e. The first-order chi connectivity index (χ1) is 7.65. The van der Waals surface area contributed by atoms with Gasteiger partial charge in [-0.05, 0) is 30.4 Å². The Bertz CT molecular complexity index is 377. The highest BCUT2D eigenvalue weighted by Gasteiger charge is 2.24. The molecule has 1 fully saturated rings. The highest BCUT2D eigenvalue weighted by Crippen LogP contribution is 2.20. The third-order valence-electron chi connectivity index (χ3n) is 3.04. The van der Waals surface area contributed by atoms with E-state index in [-0.39, 0.29) is 5.91 Å². The first-order valence-electron chi connectivity index (χ1n) is 5.51. The Morgan fingerprint density at radius 3 is 3.00 bits per heavy atom. The summed E-state index contributed by atoms with van der Waals surface area (Å²) in [6.45, 7) is 3.39. The van der Waals surface area contributed by atoms with Gasteiger partial charge in [0.15, 0.2) is 0 Å². The van der Waals surface area contributed by atoms with Gasteiger partial charge in [-0.15, -0.1) is 0 Å². The summed E-state index contributed by atoms with van der Waals surface area (Å²) in [6.07, 6.45) is 3.88. The number of rotatable bonds is 2. The van der Waals surface area contributed by atoms with E-state index < -0.39 is 0 Å². The molecule has 2 rings (SSSR count). The van der Waals surface area contributed by atoms with Crippen molar-refractivity contribution >= 4 is 17.5 Å². The molecule has 0 radical (unpaired) electrons. The van der Waals surface area contributed by atoms with Gasteiger partial charge < -0.3 is 4.90 Å². The van der Waals surface area contributed by atoms with Crippen molar-refractivity contribution in [3.05, 3.63) is 29.0 Å². The van der Waals surface area contributed by atoms with E-state index in [0.29, 0.717) is 11.1 Å². The molecule has 1 saturated heterocycles. The first kappa shape index (κ1) is 11.4. The van der Waals surface area contributed by atoms with Crippen LogP contribution in [0.5, 0.6) is 0 Å². The maximum absolute atomic E-state index is 11.2. The zero-order valence-electron chi connectivity index (χ0n) is 9.32. The molecule has 0 unspecified atom stereocenters. The van der Waals surface area contributed by atoms with E-state index in [0.717, 1.165) is 25.9 Å². The fourth-order valence-electron chi connectivity index (χ4n) is 2.15. The number of hydrogen-bond acceptors (Lipinski definition) is 2. The Balaban J connectivity index is 1.92. The molecule has 2 heterocycles. The van der Waals surface area contributed by atoms with Crippen molar-refractivity contribution in [2.75, 3.05) is 13.1 Å². The summed E-state index contributed by atoms with van der Waals surface area (Å²) in [4.78, 5) is 17.2. The maximum Gasteiger partial charge on any atom is 0.219 e. The second-order valence-electron chi connectivity index (χ2n) is 4.31. The van der Waals surface area contributed by atoms with Gasteiger partial charge in [0.05, 0.1) is 0 Å². The van der Waals surface area contributed by atoms with E-state index in [2.05, 4.69) is 4.98 Å². The third kappa shape index (κ3) is 2.73. The summed E-state index contributed by atoms with van der Waals surface area (Å²) in [5, 5.41) is 0.528. The maximum atomic E-state index is 11.2. The summed E-state index contributed by atoms with van der Waals surface area (Å²) in [6, 6.07) is 3.82. The molecule has 1 amide bonds. The molecular weight excluding hydrogens is 224 g/mol. The van der Waals surface area contributed by atoms with Gasteiger partial charge in [-0.2, -0.15) is 0 Å². The lowest BCUT2D eigenvalue weighted by Gasteiger charge is -2.13. The minimum absolute atomic E-state index is 0.178. The number of amides is 1. The molecule has 0 spiro atoms. The molecule has 0 saturated carbocycles. The second-order valence-corrected chi connectivity index (χ2v) is 4.70. The molecule has 1 aromatic rings. The summed E-state index contributed by atoms with van der Waals surface area (Å²) in [7, 11) is 0. The van der Waals surface area contributed by atoms with E-state index in [1.165, 1.54) is 5.56 Å². The van der Waals surface area contributed by atoms with Gasteiger partial charge in [0, 0.05) is 26.2 Å². The fourth-order valence-corrected chi connectivity index (χ4v) is 2.26. The van der Waals surface area contributed by atoms with E-state index in [1.54, 1.807) is 6.92 Å². The first-order valence-corrected chi connectivity index (χ1v) is 5.89. The number of likely N-dealkylation sites (tertiary alicyclic amines) is 1. The average Bonchev–Trinajstić information content (AvgIpc) is 2.70. The number of halogens is 1. The summed E-state index contributed by atoms with van der Waals surface area (Å²) < 4.78 is 0. The molecule has 0 bridgehead atoms. The predicted octanol–water partition coefficient (Wildman–Crippen LogP) is 2.15. The smallest absolute Gasteiger partial charge is 0.219 e. The molecule has 1 aromatic heterocycles. The Morgan fingerprint density at radius 2 is 2.44 bits per heavy atom. The standard InChI is InChI=1S/C12H15ClN2O/c1-9(16)15-5-4-11(8-15)6-10-2-3-12(13)14-7-10/h2-3,7,11H,4-6,8H2,1H3/t11-/m1/s1. The van der Waals surface area contributed by atoms with Crippen molar-refractivity contribution in [1.29, 1.82) is 0 Å². The van der Waals surface area contributed by atoms with Gasteiger partial charge in [0.25, 0.3) is 0 Å². The molecule has 0 N–H and O–H groups in total. The number of nitrogens with zero attached hydrogens (tertiary/aromatic N) is 2. The Morgan fingerprint density at radius 1 is 1.62 bits per heavy atom. The van der Waals surface area contributed by atoms with Crippen LogP contribution in [0.1, 0.15) is 18.9 Å². The van der Waals surface area contributed by atoms with E-state index >= 15 is 0 Å². The van der Waals surface area contributed by atoms with Crippen LogP contribution in [0.15, 0.2) is 18.3 Å². The molecular formula is C12H15ClN2O. The SMILES string of the molecule is CC(=O)N1CC[C@H](Cc2ccc(Cl)nc2)C1. The van der Waals surface area contributed by atoms with Crippen LogP contribution in [-0.2, 0) is 11.2 Å². The van der Waals surface area contributed by atoms with Crippen LogP contribution in [-0.4, -0.2) is 28.9 Å². The topological polar surface area (TPSA) is 33.2 Å². The van der Waals surface area contributed by atoms with Crippen LogP contribution in [0.3, 0.4) is 0 Å². The molecule has 16 heavy (non-hydrogen) atoms. The minimum atomic E-state index is 0.178. The number of pyridine rings is 1. The highest BCUT2D eigenvalue weighted by atomic mass is 35.5. The minimum Gasteiger partial charge on any atom is -0.343 e. The molecule has 86 valence electrons. The summed E-state index contributed by atoms with van der Waals surface area (Å²) in [5.41, 5.74) is 1.19. The second kappa shape index (κ2) is 4.83. The third-order valence-corrected chi connectivity index (χ3v) is 3.27. The van der Waals surface area contributed by atoms with E-state index in [1.807, 2.05) is 23.2 Å². The van der Waals surface area contributed by atoms with Gasteiger partial charge in [0.2, 0.25) is 5.91 Å². The van der Waals surface area contributed by atoms with Crippen LogP contribution >= 0.6 is 11.6 Å². The molecule has 1 aliphatic heterocycles. The van der Waals surface area contributed by atoms with Crippen LogP contribution in [0.25, 0.3) is 0 Å². The zero-order chi connectivity index (χ0) is 11.5. The van der Waals surface area contributed by atoms with Gasteiger partial charge in [-0.1, -0.05) is 17.7 Å². The van der Waals surface area contributed by atoms with Gasteiger partial charge in [-0.25, -0.2) is 4.98 Å². The molecule has 4 heteroatoms. The Labute approximate surface area is 100 Å². The molecule has 0 aliphatic carbocycles. The molecule has 3 nitrogen and oxygen atoms in total. The lowest BCUT2D eigenvalue weighted by Crippen LogP contribution is -2.26. The van der Waals surface area contributed by atoms with Crippen molar-refractivity contribution in [3.63, 3.8) is 0 Å². The van der Waals surface area contributed by atoms with E-state index in [4.69, 9.17) is 11.6 Å². The number of aromatic nitrogens is 1. The summed E-state index contributed by atoms with van der Waals surface area (Å²) >= 11 is 5.73. The van der Waals surface area contributed by atoms with Crippen LogP contribution in [0.4, 0.5) is 0 Å². The lowest BCUT2D eigenvalue weighted by molar-refractivity contribution is -0.127. The van der Waals surface area contributed by atoms with E-state index in [9.17, 15) is 4.79 Å². The number of carbonyl (C=O) groups is 1. The van der Waals surface area contributed by atoms with Gasteiger partial charge in [0.1, 0.15) is 5.15 Å². The molecule has 0 aromatic carbocycles. The molecule has 1 atom stereocenters. The van der Waals surface area contributed by atoms with Crippen LogP contribution in [0, 0.1) is 5.92 Å². The normalized spacial score (nSPS) is 20.1. The van der Waals surface area contributed by atoms with Crippen molar-refractivity contribution in [2.45, 2.75) is 19.8 Å². The lowest BCUT2D eigenvalue weighted by atomic mass is 10.0. The van der Waals surface area contributed by atoms with Crippen molar-refractivity contribution < 1.29 is 4.79 Å². The van der Waals surface area contributed by atoms with Crippen molar-refractivity contribution in [1.82, 2.24) is 9.88 Å². The quantitative estimate of drug-likeness (QED) is 0.740. The highest BCUT2D eigenvalue weighted by molar-refractivity contribution is 6.29. The van der Waals surface area contributed by atoms with Crippen LogP contribution in [0.2, 0.25) is 5.15 Å². The predicted molar refractivity (Wildman–Crippen MR) is 63.3 cm³/mol. The Kier molecular flexibility index (Phi) is 3.44. The average molecular weight is 239 g/mol. The van der Waals surface area contributed by atoms with Crippen molar-refractivity contribution in [2.24, 2.45) is 5.92 Å². The fraction of sp³-hybridized carbons (Fsp3) is 0.500. The van der Waals surface area contributed by atoms with Crippen LogP contribution < -0.4 is 0 Å². The molecule has 1 aliphatic rings. The monoisotopic (exact) mass is 238 g/mol. The number of carbonyl (C=O) groups excluding carboxylic acids is 1.